The van der Waals surface area contributed by atoms with E-state index in [0.717, 1.165) is 101 Å². The third-order valence-corrected chi connectivity index (χ3v) is 24.6. The number of hydrogen-bond acceptors (Lipinski definition) is 15. The van der Waals surface area contributed by atoms with Gasteiger partial charge in [-0.1, -0.05) is 164 Å². The van der Waals surface area contributed by atoms with Crippen molar-refractivity contribution in [3.8, 4) is 0 Å². The van der Waals surface area contributed by atoms with E-state index in [1.54, 1.807) is 14.7 Å². The average Bonchev–Trinajstić information content (AvgIpc) is 1.58. The summed E-state index contributed by atoms with van der Waals surface area (Å²) in [6, 6.07) is 10.7. The Labute approximate surface area is 709 Å². The van der Waals surface area contributed by atoms with Crippen molar-refractivity contribution in [2.45, 2.75) is 275 Å². The molecule has 2 aromatic rings. The molecule has 4 aliphatic carbocycles. The van der Waals surface area contributed by atoms with Crippen LogP contribution in [0.3, 0.4) is 0 Å². The number of esters is 2. The summed E-state index contributed by atoms with van der Waals surface area (Å²) in [4.78, 5) is 146. The summed E-state index contributed by atoms with van der Waals surface area (Å²) in [5, 5.41) is 7.54. The molecule has 21 nitrogen and oxygen atoms in total. The predicted molar refractivity (Wildman–Crippen MR) is 386 cm³/mol. The number of ketones is 2. The maximum atomic E-state index is 14.6. The Kier molecular flexibility index (Phi) is 29.7. The van der Waals surface area contributed by atoms with Gasteiger partial charge in [0.1, 0.15) is 12.2 Å². The normalized spacial score (nSPS) is 29.2. The van der Waals surface area contributed by atoms with Crippen LogP contribution < -0.4 is 108 Å². The van der Waals surface area contributed by atoms with Crippen LogP contribution in [-0.2, 0) is 96.3 Å². The zero-order valence-electron chi connectivity index (χ0n) is 65.8. The molecular weight excluding hydrogens is 1390 g/mol. The fourth-order valence-corrected chi connectivity index (χ4v) is 17.1. The van der Waals surface area contributed by atoms with Crippen molar-refractivity contribution in [2.24, 2.45) is 68.0 Å². The molecule has 23 heteroatoms. The zero-order chi connectivity index (χ0) is 73.4. The van der Waals surface area contributed by atoms with E-state index in [1.165, 1.54) is 27.2 Å². The van der Waals surface area contributed by atoms with Crippen LogP contribution in [0, 0.1) is 68.0 Å². The molecule has 8 bridgehead atoms. The second kappa shape index (κ2) is 35.8. The fraction of sp³-hybridized carbons (Fsp3) is 0.732. The summed E-state index contributed by atoms with van der Waals surface area (Å²) in [7, 11) is 0. The maximum absolute atomic E-state index is 14.6. The van der Waals surface area contributed by atoms with Gasteiger partial charge >= 0.3 is 127 Å². The number of nitrogens with one attached hydrogen (secondary N) is 1. The average molecular weight is 1510 g/mol. The number of carbonyl (C=O) groups is 10. The first-order valence-electron chi connectivity index (χ1n) is 38.8. The van der Waals surface area contributed by atoms with Gasteiger partial charge in [0.2, 0.25) is 17.7 Å². The van der Waals surface area contributed by atoms with E-state index < -0.39 is 81.9 Å². The van der Waals surface area contributed by atoms with Gasteiger partial charge in [0.15, 0.2) is 11.6 Å². The molecule has 4 saturated carbocycles. The number of ether oxygens (including phenoxy) is 4. The van der Waals surface area contributed by atoms with E-state index in [9.17, 15) is 47.9 Å². The van der Waals surface area contributed by atoms with Crippen LogP contribution in [0.5, 0.6) is 0 Å². The molecule has 105 heavy (non-hydrogen) atoms. The van der Waals surface area contributed by atoms with Crippen molar-refractivity contribution < 1.29 is 175 Å². The maximum Gasteiger partial charge on any atom is 1.00 e. The molecule has 0 aromatic heterocycles. The quantitative estimate of drug-likeness (QED) is 0.110. The SMILES string of the molecule is CC[C@@H]1CC1(CC(=O)[C@@H]1CC2CN1C(=O)[C@H](C(C)(C)C)CC(=O)OCC(C)(C)CCCCc1cccc3c1CN(C3)C(=O)O2)C(=O)NCC1CC1.CC[C@@H]1CC1(CC(=O)[C@@H]1CC2CN1C(=O)[C@H](C(C)(C)C)CC(=O)OCC(C)(C)CCCCc1cccc3c1CN(C3)C(=O)O2)C(=O)[N-]CC1CC1.[K+].[K+].[OH-]. The van der Waals surface area contributed by atoms with Crippen molar-refractivity contribution in [3.63, 3.8) is 0 Å². The largest absolute Gasteiger partial charge is 1.00 e. The fourth-order valence-electron chi connectivity index (χ4n) is 17.1. The molecule has 568 valence electrons. The summed E-state index contributed by atoms with van der Waals surface area (Å²) in [5.74, 6) is -2.52. The molecule has 6 aliphatic heterocycles. The number of benzene rings is 2. The summed E-state index contributed by atoms with van der Waals surface area (Å²) in [5.41, 5.74) is 3.75. The standard InChI is InChI=1S/2C41H59N3O7.2K.H2O/c2*1-7-29-19-41(29,37(48)42-21-26-14-15-26)20-34(45)33-17-30-23-44(33)36(47)32(39(2,3)4)18-35(46)50-25-40(5,6)16-9-8-11-27-12-10-13-28-22-43(24-31(27)28)38(49)51-30;;;/h2*10,12-13,26,29-30,32-33H,7-9,11,14-25H2,1-6H3,(H,42,48);;;1H2/q;;2*+1;/p-2/t2*29-,30?,32-,33+,41?;;;/m11.../s1. The molecule has 6 amide bonds. The van der Waals surface area contributed by atoms with Gasteiger partial charge in [-0.3, -0.25) is 43.4 Å². The van der Waals surface area contributed by atoms with Crippen LogP contribution in [0.15, 0.2) is 36.4 Å². The molecule has 10 atom stereocenters. The molecular formula is C82H118K2N6O15. The first kappa shape index (κ1) is 87.0. The van der Waals surface area contributed by atoms with Gasteiger partial charge in [-0.25, -0.2) is 9.59 Å². The Hall–Kier alpha value is -3.63. The van der Waals surface area contributed by atoms with Crippen LogP contribution >= 0.6 is 0 Å². The van der Waals surface area contributed by atoms with Crippen molar-refractivity contribution in [1.29, 1.82) is 0 Å². The number of Topliss-reactive ketones (excluding diaryl/α,β-unsaturated/α-hetero) is 2. The molecule has 4 unspecified atom stereocenters. The monoisotopic (exact) mass is 1500 g/mol. The van der Waals surface area contributed by atoms with Crippen LogP contribution in [0.25, 0.3) is 5.32 Å². The zero-order valence-corrected chi connectivity index (χ0v) is 72.0. The first-order valence-corrected chi connectivity index (χ1v) is 38.8. The van der Waals surface area contributed by atoms with Crippen LogP contribution in [0.4, 0.5) is 9.59 Å². The number of cyclic esters (lactones) is 2. The molecule has 2 saturated heterocycles. The van der Waals surface area contributed by atoms with Crippen molar-refractivity contribution in [3.05, 3.63) is 75.1 Å². The van der Waals surface area contributed by atoms with Gasteiger partial charge in [-0.05, 0) is 137 Å². The first-order chi connectivity index (χ1) is 48.2. The molecule has 0 spiro atoms. The Morgan fingerprint density at radius 1 is 0.562 bits per heavy atom. The third kappa shape index (κ3) is 21.5. The summed E-state index contributed by atoms with van der Waals surface area (Å²) < 4.78 is 23.9. The number of rotatable bonds is 14. The van der Waals surface area contributed by atoms with Crippen LogP contribution in [0.2, 0.25) is 0 Å². The predicted octanol–water partition coefficient (Wildman–Crippen LogP) is 7.33. The molecule has 6 heterocycles. The second-order valence-electron chi connectivity index (χ2n) is 36.1. The Bertz CT molecular complexity index is 3300. The van der Waals surface area contributed by atoms with E-state index in [1.807, 2.05) is 67.5 Å². The molecule has 0 radical (unpaired) electrons. The van der Waals surface area contributed by atoms with Crippen LogP contribution in [0.1, 0.15) is 245 Å². The van der Waals surface area contributed by atoms with Crippen molar-refractivity contribution >= 4 is 59.3 Å². The van der Waals surface area contributed by atoms with Gasteiger partial charge in [-0.2, -0.15) is 0 Å². The molecule has 2 N–H and O–H groups in total. The van der Waals surface area contributed by atoms with E-state index in [2.05, 4.69) is 62.6 Å². The third-order valence-electron chi connectivity index (χ3n) is 24.6. The van der Waals surface area contributed by atoms with E-state index >= 15 is 0 Å². The van der Waals surface area contributed by atoms with Gasteiger partial charge in [0, 0.05) is 63.8 Å². The molecule has 10 aliphatic rings. The Morgan fingerprint density at radius 3 is 1.37 bits per heavy atom. The second-order valence-corrected chi connectivity index (χ2v) is 36.1. The van der Waals surface area contributed by atoms with Gasteiger partial charge < -0.3 is 49.7 Å². The number of amides is 6. The molecule has 12 rings (SSSR count). The number of hydrogen-bond donors (Lipinski definition) is 1. The minimum Gasteiger partial charge on any atom is -0.870 e. The van der Waals surface area contributed by atoms with Gasteiger partial charge in [0.05, 0.1) is 74.4 Å². The number of aryl methyl sites for hydroxylation is 2. The summed E-state index contributed by atoms with van der Waals surface area (Å²) >= 11 is 0. The summed E-state index contributed by atoms with van der Waals surface area (Å²) in [6.07, 6.45) is 12.5. The Morgan fingerprint density at radius 2 is 0.971 bits per heavy atom. The van der Waals surface area contributed by atoms with Gasteiger partial charge in [-0.15, -0.1) is 6.54 Å². The Balaban J connectivity index is 0.000000258. The topological polar surface area (TPSA) is 277 Å². The molecule has 6 fully saturated rings. The van der Waals surface area contributed by atoms with Crippen molar-refractivity contribution in [1.82, 2.24) is 24.9 Å². The number of fused-ring (bicyclic) bond motifs is 6. The van der Waals surface area contributed by atoms with E-state index in [4.69, 9.17) is 18.9 Å². The van der Waals surface area contributed by atoms with E-state index in [-0.39, 0.29) is 231 Å². The van der Waals surface area contributed by atoms with E-state index in [0.29, 0.717) is 63.9 Å². The smallest absolute Gasteiger partial charge is 0.870 e. The van der Waals surface area contributed by atoms with Crippen LogP contribution in [-0.4, -0.2) is 148 Å². The van der Waals surface area contributed by atoms with Crippen molar-refractivity contribution in [2.75, 3.05) is 39.4 Å². The van der Waals surface area contributed by atoms with Gasteiger partial charge in [0.25, 0.3) is 0 Å². The molecule has 2 aromatic carbocycles. The number of carbonyl (C=O) groups excluding carboxylic acids is 10. The number of nitrogens with zero attached hydrogens (tertiary/aromatic N) is 5. The summed E-state index contributed by atoms with van der Waals surface area (Å²) in [6.45, 7) is 27.6. The minimum atomic E-state index is -0.877. The minimum absolute atomic E-state index is 0.